The fourth-order valence-corrected chi connectivity index (χ4v) is 5.55. The van der Waals surface area contributed by atoms with E-state index in [0.29, 0.717) is 6.04 Å². The van der Waals surface area contributed by atoms with Crippen LogP contribution in [0.25, 0.3) is 0 Å². The highest BCUT2D eigenvalue weighted by Gasteiger charge is 2.49. The second-order valence-electron chi connectivity index (χ2n) is 8.75. The topological polar surface area (TPSA) is 43.4 Å². The van der Waals surface area contributed by atoms with Gasteiger partial charge in [-0.1, -0.05) is 30.3 Å². The van der Waals surface area contributed by atoms with Crippen molar-refractivity contribution < 1.29 is 9.47 Å². The van der Waals surface area contributed by atoms with Crippen LogP contribution < -0.4 is 5.32 Å². The van der Waals surface area contributed by atoms with E-state index in [2.05, 4.69) is 41.7 Å². The molecule has 148 valence electrons. The summed E-state index contributed by atoms with van der Waals surface area (Å²) in [5.74, 6) is 0. The van der Waals surface area contributed by atoms with Gasteiger partial charge in [-0.2, -0.15) is 0 Å². The Kier molecular flexibility index (Phi) is 4.95. The summed E-state index contributed by atoms with van der Waals surface area (Å²) >= 11 is 0. The molecule has 4 heteroatoms. The fourth-order valence-electron chi connectivity index (χ4n) is 5.55. The molecule has 0 saturated carbocycles. The Balaban J connectivity index is 1.33. The Bertz CT molecular complexity index is 803. The van der Waals surface area contributed by atoms with E-state index in [0.717, 1.165) is 52.0 Å². The van der Waals surface area contributed by atoms with E-state index in [1.807, 2.05) is 12.3 Å². The first kappa shape index (κ1) is 18.3. The molecule has 3 atom stereocenters. The first-order valence-electron chi connectivity index (χ1n) is 10.7. The maximum atomic E-state index is 6.26. The average molecular weight is 379 g/mol. The van der Waals surface area contributed by atoms with Gasteiger partial charge in [0.05, 0.1) is 12.2 Å². The highest BCUT2D eigenvalue weighted by Crippen LogP contribution is 2.46. The molecule has 1 aromatic carbocycles. The van der Waals surface area contributed by atoms with Gasteiger partial charge in [-0.3, -0.25) is 4.98 Å². The number of benzene rings is 1. The molecule has 4 nitrogen and oxygen atoms in total. The maximum absolute atomic E-state index is 6.26. The summed E-state index contributed by atoms with van der Waals surface area (Å²) in [7, 11) is 0. The van der Waals surface area contributed by atoms with Gasteiger partial charge in [0.2, 0.25) is 0 Å². The third kappa shape index (κ3) is 3.38. The van der Waals surface area contributed by atoms with Crippen LogP contribution in [0.5, 0.6) is 0 Å². The van der Waals surface area contributed by atoms with Crippen molar-refractivity contribution in [2.45, 2.75) is 55.6 Å². The number of pyridine rings is 1. The second-order valence-corrected chi connectivity index (χ2v) is 8.75. The number of aromatic nitrogens is 1. The third-order valence-electron chi connectivity index (χ3n) is 7.05. The van der Waals surface area contributed by atoms with E-state index < -0.39 is 0 Å². The molecule has 5 rings (SSSR count). The maximum Gasteiger partial charge on any atom is 0.0945 e. The number of nitrogens with one attached hydrogen (secondary N) is 1. The molecule has 0 amide bonds. The number of aryl methyl sites for hydroxylation is 1. The van der Waals surface area contributed by atoms with Crippen LogP contribution in [0.3, 0.4) is 0 Å². The number of fused-ring (bicyclic) bond motifs is 1. The lowest BCUT2D eigenvalue weighted by Crippen LogP contribution is -2.49. The summed E-state index contributed by atoms with van der Waals surface area (Å²) in [4.78, 5) is 4.79. The Morgan fingerprint density at radius 1 is 1.07 bits per heavy atom. The number of rotatable bonds is 5. The van der Waals surface area contributed by atoms with Crippen molar-refractivity contribution in [2.75, 3.05) is 26.4 Å². The van der Waals surface area contributed by atoms with Crippen molar-refractivity contribution in [1.82, 2.24) is 10.3 Å². The Morgan fingerprint density at radius 3 is 2.86 bits per heavy atom. The molecular formula is C24H30N2O2. The first-order chi connectivity index (χ1) is 13.8. The number of ether oxygens (including phenoxy) is 2. The third-order valence-corrected chi connectivity index (χ3v) is 7.05. The van der Waals surface area contributed by atoms with Gasteiger partial charge in [-0.15, -0.1) is 0 Å². The van der Waals surface area contributed by atoms with Gasteiger partial charge in [0.25, 0.3) is 0 Å². The predicted molar refractivity (Wildman–Crippen MR) is 109 cm³/mol. The predicted octanol–water partition coefficient (Wildman–Crippen LogP) is 3.96. The molecule has 3 aliphatic rings. The van der Waals surface area contributed by atoms with E-state index in [9.17, 15) is 0 Å². The number of nitrogens with zero attached hydrogens (tertiary/aromatic N) is 1. The number of hydrogen-bond acceptors (Lipinski definition) is 4. The van der Waals surface area contributed by atoms with Gasteiger partial charge >= 0.3 is 0 Å². The zero-order valence-electron chi connectivity index (χ0n) is 16.5. The molecule has 0 radical (unpaired) electrons. The van der Waals surface area contributed by atoms with E-state index in [1.54, 1.807) is 0 Å². The van der Waals surface area contributed by atoms with Gasteiger partial charge in [0.1, 0.15) is 0 Å². The zero-order valence-corrected chi connectivity index (χ0v) is 16.5. The quantitative estimate of drug-likeness (QED) is 0.855. The summed E-state index contributed by atoms with van der Waals surface area (Å²) in [5.41, 5.74) is 4.17. The first-order valence-corrected chi connectivity index (χ1v) is 10.7. The standard InChI is InChI=1S/C24H30N2O2/c1-2-6-20-19(5-1)8-9-21(20)25-14-10-23(22-7-3-4-13-26-22)11-16-28-24(17-23)12-15-27-18-24/h1-7,13,21,25H,8-12,14-18H2/t21-,23+,24+/m0/s1. The minimum absolute atomic E-state index is 0.0678. The molecule has 0 bridgehead atoms. The van der Waals surface area contributed by atoms with Crippen molar-refractivity contribution in [3.8, 4) is 0 Å². The van der Waals surface area contributed by atoms with Crippen molar-refractivity contribution >= 4 is 0 Å². The zero-order chi connectivity index (χ0) is 18.9. The molecule has 1 aromatic heterocycles. The summed E-state index contributed by atoms with van der Waals surface area (Å²) in [6.07, 6.45) is 8.47. The molecule has 2 saturated heterocycles. The molecule has 1 N–H and O–H groups in total. The lowest BCUT2D eigenvalue weighted by atomic mass is 9.68. The summed E-state index contributed by atoms with van der Waals surface area (Å²) in [5, 5.41) is 3.86. The molecule has 2 aromatic rings. The van der Waals surface area contributed by atoms with Gasteiger partial charge < -0.3 is 14.8 Å². The van der Waals surface area contributed by atoms with Gasteiger partial charge in [0.15, 0.2) is 0 Å². The molecule has 0 unspecified atom stereocenters. The number of hydrogen-bond donors (Lipinski definition) is 1. The lowest BCUT2D eigenvalue weighted by Gasteiger charge is -2.45. The molecule has 3 heterocycles. The van der Waals surface area contributed by atoms with E-state index in [4.69, 9.17) is 14.5 Å². The molecule has 28 heavy (non-hydrogen) atoms. The molecule has 1 aliphatic carbocycles. The van der Waals surface area contributed by atoms with Crippen molar-refractivity contribution in [1.29, 1.82) is 0 Å². The Morgan fingerprint density at radius 2 is 2.00 bits per heavy atom. The van der Waals surface area contributed by atoms with Crippen molar-refractivity contribution in [3.05, 3.63) is 65.5 Å². The highest BCUT2D eigenvalue weighted by molar-refractivity contribution is 5.34. The van der Waals surface area contributed by atoms with Crippen LogP contribution in [-0.2, 0) is 21.3 Å². The lowest BCUT2D eigenvalue weighted by molar-refractivity contribution is -0.109. The van der Waals surface area contributed by atoms with Crippen LogP contribution in [0, 0.1) is 0 Å². The van der Waals surface area contributed by atoms with Crippen molar-refractivity contribution in [3.63, 3.8) is 0 Å². The van der Waals surface area contributed by atoms with Crippen molar-refractivity contribution in [2.24, 2.45) is 0 Å². The Labute approximate surface area is 167 Å². The molecule has 2 fully saturated rings. The van der Waals surface area contributed by atoms with Gasteiger partial charge in [-0.25, -0.2) is 0 Å². The van der Waals surface area contributed by atoms with E-state index in [1.165, 1.54) is 29.7 Å². The van der Waals surface area contributed by atoms with E-state index >= 15 is 0 Å². The van der Waals surface area contributed by atoms with Crippen LogP contribution in [0.15, 0.2) is 48.7 Å². The van der Waals surface area contributed by atoms with E-state index in [-0.39, 0.29) is 11.0 Å². The van der Waals surface area contributed by atoms with Crippen LogP contribution in [-0.4, -0.2) is 37.0 Å². The van der Waals surface area contributed by atoms with Gasteiger partial charge in [0, 0.05) is 43.0 Å². The molecular weight excluding hydrogens is 348 g/mol. The Hall–Kier alpha value is -1.75. The minimum Gasteiger partial charge on any atom is -0.378 e. The second kappa shape index (κ2) is 7.58. The van der Waals surface area contributed by atoms with Crippen LogP contribution >= 0.6 is 0 Å². The molecule has 2 aliphatic heterocycles. The highest BCUT2D eigenvalue weighted by atomic mass is 16.6. The summed E-state index contributed by atoms with van der Waals surface area (Å²) in [6, 6.07) is 15.7. The summed E-state index contributed by atoms with van der Waals surface area (Å²) < 4.78 is 12.0. The monoisotopic (exact) mass is 378 g/mol. The van der Waals surface area contributed by atoms with Crippen LogP contribution in [0.1, 0.15) is 55.0 Å². The summed E-state index contributed by atoms with van der Waals surface area (Å²) in [6.45, 7) is 3.35. The largest absolute Gasteiger partial charge is 0.378 e. The SMILES string of the molecule is c1ccc([C@]2(CCN[C@H]3CCc4ccccc43)CCO[C@]3(CCOC3)C2)nc1. The fraction of sp³-hybridized carbons (Fsp3) is 0.542. The van der Waals surface area contributed by atoms with Crippen LogP contribution in [0.4, 0.5) is 0 Å². The average Bonchev–Trinajstić information content (AvgIpc) is 3.36. The molecule has 1 spiro atoms. The van der Waals surface area contributed by atoms with Crippen LogP contribution in [0.2, 0.25) is 0 Å². The van der Waals surface area contributed by atoms with Gasteiger partial charge in [-0.05, 0) is 61.9 Å². The normalized spacial score (nSPS) is 31.9. The minimum atomic E-state index is -0.115. The smallest absolute Gasteiger partial charge is 0.0945 e.